The van der Waals surface area contributed by atoms with Crippen LogP contribution in [0.1, 0.15) is 30.9 Å². The Morgan fingerprint density at radius 3 is 2.25 bits per heavy atom. The molecule has 2 aromatic rings. The molecule has 16 heavy (non-hydrogen) atoms. The number of benzene rings is 1. The van der Waals surface area contributed by atoms with Gasteiger partial charge in [0.15, 0.2) is 0 Å². The van der Waals surface area contributed by atoms with Crippen LogP contribution in [0, 0.1) is 6.92 Å². The second kappa shape index (κ2) is 4.00. The molecule has 3 heteroatoms. The minimum absolute atomic E-state index is 0.392. The molecule has 0 saturated heterocycles. The van der Waals surface area contributed by atoms with E-state index in [1.54, 1.807) is 0 Å². The molecule has 1 aromatic heterocycles. The number of aromatic nitrogens is 1. The molecule has 0 spiro atoms. The summed E-state index contributed by atoms with van der Waals surface area (Å²) in [5.41, 5.74) is 9.72. The fraction of sp³-hybridized carbons (Fsp3) is 0.308. The first-order valence-corrected chi connectivity index (χ1v) is 5.41. The summed E-state index contributed by atoms with van der Waals surface area (Å²) in [5.74, 6) is 0.931. The van der Waals surface area contributed by atoms with E-state index in [4.69, 9.17) is 10.3 Å². The van der Waals surface area contributed by atoms with E-state index in [9.17, 15) is 0 Å². The molecule has 0 bridgehead atoms. The smallest absolute Gasteiger partial charge is 0.225 e. The lowest BCUT2D eigenvalue weighted by Gasteiger charge is -2.05. The lowest BCUT2D eigenvalue weighted by Crippen LogP contribution is -1.88. The average Bonchev–Trinajstić information content (AvgIpc) is 2.60. The van der Waals surface area contributed by atoms with E-state index in [0.29, 0.717) is 11.8 Å². The summed E-state index contributed by atoms with van der Waals surface area (Å²) in [6.45, 7) is 6.26. The van der Waals surface area contributed by atoms with Crippen molar-refractivity contribution in [3.05, 3.63) is 35.4 Å². The van der Waals surface area contributed by atoms with Crippen molar-refractivity contribution in [3.63, 3.8) is 0 Å². The highest BCUT2D eigenvalue weighted by Gasteiger charge is 2.11. The molecule has 84 valence electrons. The van der Waals surface area contributed by atoms with Gasteiger partial charge in [-0.25, -0.2) is 0 Å². The molecule has 1 aromatic carbocycles. The van der Waals surface area contributed by atoms with Gasteiger partial charge in [-0.05, 0) is 18.4 Å². The Morgan fingerprint density at radius 2 is 1.81 bits per heavy atom. The quantitative estimate of drug-likeness (QED) is 0.837. The maximum Gasteiger partial charge on any atom is 0.225 e. The van der Waals surface area contributed by atoms with Crippen LogP contribution in [0.25, 0.3) is 11.3 Å². The van der Waals surface area contributed by atoms with Gasteiger partial charge >= 0.3 is 0 Å². The van der Waals surface area contributed by atoms with E-state index >= 15 is 0 Å². The van der Waals surface area contributed by atoms with Crippen LogP contribution < -0.4 is 5.73 Å². The molecule has 0 aliphatic rings. The number of nitrogen functional groups attached to an aromatic ring is 1. The van der Waals surface area contributed by atoms with Crippen molar-refractivity contribution in [2.24, 2.45) is 0 Å². The third-order valence-corrected chi connectivity index (χ3v) is 2.81. The molecule has 3 nitrogen and oxygen atoms in total. The van der Waals surface area contributed by atoms with Gasteiger partial charge in [-0.1, -0.05) is 43.3 Å². The zero-order valence-electron chi connectivity index (χ0n) is 9.82. The lowest BCUT2D eigenvalue weighted by atomic mass is 10.00. The Morgan fingerprint density at radius 1 is 1.19 bits per heavy atom. The predicted molar refractivity (Wildman–Crippen MR) is 65.2 cm³/mol. The van der Waals surface area contributed by atoms with Gasteiger partial charge in [0, 0.05) is 11.1 Å². The number of hydrogen-bond donors (Lipinski definition) is 1. The van der Waals surface area contributed by atoms with Crippen molar-refractivity contribution >= 4 is 5.88 Å². The third kappa shape index (κ3) is 1.81. The first-order valence-electron chi connectivity index (χ1n) is 5.41. The number of anilines is 1. The van der Waals surface area contributed by atoms with Crippen LogP contribution in [0.2, 0.25) is 0 Å². The second-order valence-electron chi connectivity index (χ2n) is 4.30. The molecule has 0 amide bonds. The molecule has 2 N–H and O–H groups in total. The van der Waals surface area contributed by atoms with Crippen molar-refractivity contribution in [1.29, 1.82) is 0 Å². The van der Waals surface area contributed by atoms with Gasteiger partial charge in [0.1, 0.15) is 5.69 Å². The molecule has 0 fully saturated rings. The first kappa shape index (κ1) is 10.7. The van der Waals surface area contributed by atoms with Gasteiger partial charge in [0.05, 0.1) is 0 Å². The van der Waals surface area contributed by atoms with Crippen molar-refractivity contribution < 1.29 is 4.52 Å². The van der Waals surface area contributed by atoms with E-state index in [1.807, 2.05) is 6.92 Å². The maximum absolute atomic E-state index is 5.63. The fourth-order valence-corrected chi connectivity index (χ4v) is 1.64. The summed E-state index contributed by atoms with van der Waals surface area (Å²) >= 11 is 0. The largest absolute Gasteiger partial charge is 0.367 e. The van der Waals surface area contributed by atoms with Crippen molar-refractivity contribution in [2.75, 3.05) is 5.73 Å². The highest BCUT2D eigenvalue weighted by molar-refractivity contribution is 5.66. The van der Waals surface area contributed by atoms with Crippen LogP contribution in [0.5, 0.6) is 0 Å². The Hall–Kier alpha value is -1.77. The Bertz CT molecular complexity index is 483. The third-order valence-electron chi connectivity index (χ3n) is 2.81. The van der Waals surface area contributed by atoms with Gasteiger partial charge < -0.3 is 10.3 Å². The Balaban J connectivity index is 2.38. The molecule has 0 unspecified atom stereocenters. The molecule has 1 heterocycles. The van der Waals surface area contributed by atoms with Gasteiger partial charge in [-0.3, -0.25) is 0 Å². The lowest BCUT2D eigenvalue weighted by molar-refractivity contribution is 0.439. The van der Waals surface area contributed by atoms with Crippen LogP contribution in [0.4, 0.5) is 5.88 Å². The SMILES string of the molecule is Cc1c(-c2ccc(C(C)C)cc2)noc1N. The van der Waals surface area contributed by atoms with Crippen LogP contribution in [-0.4, -0.2) is 5.16 Å². The summed E-state index contributed by atoms with van der Waals surface area (Å²) in [6.07, 6.45) is 0. The molecule has 0 atom stereocenters. The Kier molecular flexibility index (Phi) is 2.69. The van der Waals surface area contributed by atoms with E-state index in [-0.39, 0.29) is 0 Å². The second-order valence-corrected chi connectivity index (χ2v) is 4.30. The predicted octanol–water partition coefficient (Wildman–Crippen LogP) is 3.36. The normalized spacial score (nSPS) is 11.0. The van der Waals surface area contributed by atoms with Gasteiger partial charge in [0.2, 0.25) is 5.88 Å². The monoisotopic (exact) mass is 216 g/mol. The van der Waals surface area contributed by atoms with Crippen LogP contribution in [-0.2, 0) is 0 Å². The zero-order chi connectivity index (χ0) is 11.7. The minimum Gasteiger partial charge on any atom is -0.367 e. The van der Waals surface area contributed by atoms with Crippen molar-refractivity contribution in [1.82, 2.24) is 5.16 Å². The summed E-state index contributed by atoms with van der Waals surface area (Å²) in [7, 11) is 0. The van der Waals surface area contributed by atoms with E-state index in [0.717, 1.165) is 16.8 Å². The molecule has 0 aliphatic heterocycles. The number of rotatable bonds is 2. The summed E-state index contributed by atoms with van der Waals surface area (Å²) in [4.78, 5) is 0. The zero-order valence-corrected chi connectivity index (χ0v) is 9.82. The summed E-state index contributed by atoms with van der Waals surface area (Å²) in [5, 5.41) is 3.96. The number of hydrogen-bond acceptors (Lipinski definition) is 3. The molecule has 0 radical (unpaired) electrons. The van der Waals surface area contributed by atoms with Crippen LogP contribution in [0.15, 0.2) is 28.8 Å². The minimum atomic E-state index is 0.392. The standard InChI is InChI=1S/C13H16N2O/c1-8(2)10-4-6-11(7-5-10)12-9(3)13(14)16-15-12/h4-8H,14H2,1-3H3. The average molecular weight is 216 g/mol. The van der Waals surface area contributed by atoms with Gasteiger partial charge in [-0.15, -0.1) is 0 Å². The molecule has 0 aliphatic carbocycles. The topological polar surface area (TPSA) is 52.0 Å². The number of nitrogens with two attached hydrogens (primary N) is 1. The maximum atomic E-state index is 5.63. The molecule has 0 saturated carbocycles. The highest BCUT2D eigenvalue weighted by Crippen LogP contribution is 2.27. The van der Waals surface area contributed by atoms with Crippen LogP contribution >= 0.6 is 0 Å². The van der Waals surface area contributed by atoms with E-state index in [2.05, 4.69) is 43.3 Å². The van der Waals surface area contributed by atoms with E-state index in [1.165, 1.54) is 5.56 Å². The van der Waals surface area contributed by atoms with Crippen molar-refractivity contribution in [3.8, 4) is 11.3 Å². The number of nitrogens with zero attached hydrogens (tertiary/aromatic N) is 1. The molecular formula is C13H16N2O. The van der Waals surface area contributed by atoms with E-state index < -0.39 is 0 Å². The summed E-state index contributed by atoms with van der Waals surface area (Å²) < 4.78 is 4.96. The fourth-order valence-electron chi connectivity index (χ4n) is 1.64. The highest BCUT2D eigenvalue weighted by atomic mass is 16.5. The van der Waals surface area contributed by atoms with Crippen molar-refractivity contribution in [2.45, 2.75) is 26.7 Å². The Labute approximate surface area is 95.3 Å². The van der Waals surface area contributed by atoms with Crippen LogP contribution in [0.3, 0.4) is 0 Å². The summed E-state index contributed by atoms with van der Waals surface area (Å²) in [6, 6.07) is 8.34. The molecular weight excluding hydrogens is 200 g/mol. The first-order chi connectivity index (χ1) is 7.59. The molecule has 2 rings (SSSR count). The van der Waals surface area contributed by atoms with Gasteiger partial charge in [-0.2, -0.15) is 0 Å². The van der Waals surface area contributed by atoms with Gasteiger partial charge in [0.25, 0.3) is 0 Å².